The van der Waals surface area contributed by atoms with E-state index in [-0.39, 0.29) is 13.1 Å². The standard InChI is InChI=1S/C16H12F3NO3S2/c17-13-5-6-14(16(19)15(13)18)25(21,22)20(9-11-3-1-7-23-11)10-12-4-2-8-24-12/h1-8H,9-10H2. The van der Waals surface area contributed by atoms with E-state index in [1.807, 2.05) is 0 Å². The second-order valence-electron chi connectivity index (χ2n) is 5.11. The molecule has 2 aromatic heterocycles. The van der Waals surface area contributed by atoms with E-state index in [9.17, 15) is 21.6 Å². The molecule has 9 heteroatoms. The highest BCUT2D eigenvalue weighted by atomic mass is 32.2. The van der Waals surface area contributed by atoms with Crippen molar-refractivity contribution in [1.82, 2.24) is 4.31 Å². The zero-order chi connectivity index (χ0) is 18.0. The molecule has 132 valence electrons. The van der Waals surface area contributed by atoms with Gasteiger partial charge in [0.2, 0.25) is 10.0 Å². The maximum atomic E-state index is 14.0. The summed E-state index contributed by atoms with van der Waals surface area (Å²) >= 11 is 1.32. The number of furan rings is 1. The highest BCUT2D eigenvalue weighted by Gasteiger charge is 2.31. The summed E-state index contributed by atoms with van der Waals surface area (Å²) < 4.78 is 72.4. The quantitative estimate of drug-likeness (QED) is 0.597. The van der Waals surface area contributed by atoms with Gasteiger partial charge in [-0.1, -0.05) is 6.07 Å². The van der Waals surface area contributed by atoms with Crippen LogP contribution in [0.2, 0.25) is 0 Å². The van der Waals surface area contributed by atoms with Crippen LogP contribution in [0.3, 0.4) is 0 Å². The van der Waals surface area contributed by atoms with Gasteiger partial charge in [0.15, 0.2) is 17.5 Å². The van der Waals surface area contributed by atoms with E-state index >= 15 is 0 Å². The lowest BCUT2D eigenvalue weighted by Crippen LogP contribution is -2.30. The SMILES string of the molecule is O=S(=O)(c1ccc(F)c(F)c1F)N(Cc1ccco1)Cc1cccs1. The minimum Gasteiger partial charge on any atom is -0.468 e. The van der Waals surface area contributed by atoms with Gasteiger partial charge in [-0.25, -0.2) is 21.6 Å². The van der Waals surface area contributed by atoms with Crippen molar-refractivity contribution in [2.45, 2.75) is 18.0 Å². The molecular formula is C16H12F3NO3S2. The van der Waals surface area contributed by atoms with Crippen LogP contribution in [-0.4, -0.2) is 12.7 Å². The number of thiophene rings is 1. The summed E-state index contributed by atoms with van der Waals surface area (Å²) in [6.07, 6.45) is 1.38. The van der Waals surface area contributed by atoms with Crippen molar-refractivity contribution in [3.05, 3.63) is 76.1 Å². The van der Waals surface area contributed by atoms with E-state index in [2.05, 4.69) is 0 Å². The largest absolute Gasteiger partial charge is 0.468 e. The first-order valence-electron chi connectivity index (χ1n) is 7.08. The van der Waals surface area contributed by atoms with Crippen LogP contribution in [0.25, 0.3) is 0 Å². The number of halogens is 3. The van der Waals surface area contributed by atoms with Crippen molar-refractivity contribution in [2.75, 3.05) is 0 Å². The predicted octanol–water partition coefficient (Wildman–Crippen LogP) is 4.15. The molecule has 0 bridgehead atoms. The van der Waals surface area contributed by atoms with Gasteiger partial charge in [0.25, 0.3) is 0 Å². The molecule has 0 spiro atoms. The van der Waals surface area contributed by atoms with Crippen molar-refractivity contribution < 1.29 is 26.0 Å². The fraction of sp³-hybridized carbons (Fsp3) is 0.125. The highest BCUT2D eigenvalue weighted by molar-refractivity contribution is 7.89. The summed E-state index contributed by atoms with van der Waals surface area (Å²) in [4.78, 5) is -0.215. The fourth-order valence-corrected chi connectivity index (χ4v) is 4.47. The van der Waals surface area contributed by atoms with Gasteiger partial charge in [0, 0.05) is 11.4 Å². The zero-order valence-electron chi connectivity index (χ0n) is 12.7. The van der Waals surface area contributed by atoms with E-state index in [0.717, 1.165) is 4.31 Å². The van der Waals surface area contributed by atoms with Gasteiger partial charge in [-0.05, 0) is 35.7 Å². The average molecular weight is 387 g/mol. The summed E-state index contributed by atoms with van der Waals surface area (Å²) in [7, 11) is -4.42. The normalized spacial score (nSPS) is 12.0. The maximum Gasteiger partial charge on any atom is 0.246 e. The lowest BCUT2D eigenvalue weighted by Gasteiger charge is -2.21. The Morgan fingerprint density at radius 3 is 2.44 bits per heavy atom. The summed E-state index contributed by atoms with van der Waals surface area (Å²) in [6, 6.07) is 7.92. The van der Waals surface area contributed by atoms with E-state index in [0.29, 0.717) is 22.8 Å². The number of nitrogens with zero attached hydrogens (tertiary/aromatic N) is 1. The van der Waals surface area contributed by atoms with E-state index in [1.54, 1.807) is 29.6 Å². The van der Waals surface area contributed by atoms with Crippen LogP contribution in [0.4, 0.5) is 13.2 Å². The Morgan fingerprint density at radius 1 is 1.00 bits per heavy atom. The topological polar surface area (TPSA) is 50.5 Å². The molecule has 0 atom stereocenters. The molecule has 3 rings (SSSR count). The monoisotopic (exact) mass is 387 g/mol. The maximum absolute atomic E-state index is 14.0. The van der Waals surface area contributed by atoms with Gasteiger partial charge in [0.1, 0.15) is 10.7 Å². The molecule has 3 aromatic rings. The Morgan fingerprint density at radius 2 is 1.80 bits per heavy atom. The van der Waals surface area contributed by atoms with Crippen LogP contribution in [0.5, 0.6) is 0 Å². The third kappa shape index (κ3) is 3.63. The number of rotatable bonds is 6. The van der Waals surface area contributed by atoms with Gasteiger partial charge in [0.05, 0.1) is 12.8 Å². The molecule has 0 aliphatic rings. The molecule has 0 N–H and O–H groups in total. The molecule has 4 nitrogen and oxygen atoms in total. The molecule has 0 amide bonds. The number of benzene rings is 1. The van der Waals surface area contributed by atoms with E-state index < -0.39 is 32.4 Å². The smallest absolute Gasteiger partial charge is 0.246 e. The van der Waals surface area contributed by atoms with Crippen molar-refractivity contribution >= 4 is 21.4 Å². The number of sulfonamides is 1. The van der Waals surface area contributed by atoms with Gasteiger partial charge >= 0.3 is 0 Å². The highest BCUT2D eigenvalue weighted by Crippen LogP contribution is 2.26. The molecular weight excluding hydrogens is 375 g/mol. The van der Waals surface area contributed by atoms with Crippen molar-refractivity contribution in [3.63, 3.8) is 0 Å². The van der Waals surface area contributed by atoms with Crippen molar-refractivity contribution in [2.24, 2.45) is 0 Å². The Labute approximate surface area is 146 Å². The third-order valence-corrected chi connectivity index (χ3v) is 6.11. The summed E-state index contributed by atoms with van der Waals surface area (Å²) in [5.74, 6) is -4.68. The summed E-state index contributed by atoms with van der Waals surface area (Å²) in [6.45, 7) is -0.231. The summed E-state index contributed by atoms with van der Waals surface area (Å²) in [5, 5.41) is 1.77. The van der Waals surface area contributed by atoms with Crippen LogP contribution >= 0.6 is 11.3 Å². The Hall–Kier alpha value is -2.10. The molecule has 1 aromatic carbocycles. The minimum absolute atomic E-state index is 0.0564. The Balaban J connectivity index is 2.02. The van der Waals surface area contributed by atoms with Crippen molar-refractivity contribution in [3.8, 4) is 0 Å². The Bertz CT molecular complexity index is 919. The second-order valence-corrected chi connectivity index (χ2v) is 8.04. The van der Waals surface area contributed by atoms with Gasteiger partial charge in [-0.15, -0.1) is 11.3 Å². The van der Waals surface area contributed by atoms with Crippen LogP contribution in [0.1, 0.15) is 10.6 Å². The zero-order valence-corrected chi connectivity index (χ0v) is 14.3. The van der Waals surface area contributed by atoms with Gasteiger partial charge in [-0.3, -0.25) is 0 Å². The lowest BCUT2D eigenvalue weighted by molar-refractivity contribution is 0.356. The second kappa shape index (κ2) is 7.03. The first kappa shape index (κ1) is 17.7. The molecule has 0 radical (unpaired) electrons. The average Bonchev–Trinajstić information content (AvgIpc) is 3.25. The van der Waals surface area contributed by atoms with E-state index in [1.165, 1.54) is 17.6 Å². The minimum atomic E-state index is -4.42. The van der Waals surface area contributed by atoms with Crippen LogP contribution in [0, 0.1) is 17.5 Å². The van der Waals surface area contributed by atoms with Crippen LogP contribution in [-0.2, 0) is 23.1 Å². The third-order valence-electron chi connectivity index (χ3n) is 3.44. The molecule has 25 heavy (non-hydrogen) atoms. The molecule has 0 unspecified atom stereocenters. The molecule has 0 aliphatic carbocycles. The lowest BCUT2D eigenvalue weighted by atomic mass is 10.3. The van der Waals surface area contributed by atoms with Gasteiger partial charge in [-0.2, -0.15) is 4.31 Å². The predicted molar refractivity (Wildman–Crippen MR) is 85.8 cm³/mol. The first-order chi connectivity index (χ1) is 11.9. The fourth-order valence-electron chi connectivity index (χ4n) is 2.23. The molecule has 0 aliphatic heterocycles. The number of hydrogen-bond donors (Lipinski definition) is 0. The van der Waals surface area contributed by atoms with Crippen LogP contribution in [0.15, 0.2) is 57.4 Å². The van der Waals surface area contributed by atoms with Gasteiger partial charge < -0.3 is 4.42 Å². The number of hydrogen-bond acceptors (Lipinski definition) is 4. The summed E-state index contributed by atoms with van der Waals surface area (Å²) in [5.41, 5.74) is 0. The first-order valence-corrected chi connectivity index (χ1v) is 9.40. The Kier molecular flexibility index (Phi) is 4.98. The van der Waals surface area contributed by atoms with Crippen LogP contribution < -0.4 is 0 Å². The molecule has 0 saturated carbocycles. The molecule has 0 saturated heterocycles. The molecule has 2 heterocycles. The van der Waals surface area contributed by atoms with Crippen molar-refractivity contribution in [1.29, 1.82) is 0 Å². The van der Waals surface area contributed by atoms with E-state index in [4.69, 9.17) is 4.42 Å². The molecule has 0 fully saturated rings.